The molecule has 1 aliphatic rings. The van der Waals surface area contributed by atoms with Crippen molar-refractivity contribution in [1.82, 2.24) is 5.32 Å². The predicted molar refractivity (Wildman–Crippen MR) is 61.8 cm³/mol. The molecule has 3 nitrogen and oxygen atoms in total. The first-order valence-electron chi connectivity index (χ1n) is 6.37. The Morgan fingerprint density at radius 1 is 1.00 bits per heavy atom. The molecule has 0 radical (unpaired) electrons. The van der Waals surface area contributed by atoms with Crippen LogP contribution in [-0.2, 0) is 0 Å². The van der Waals surface area contributed by atoms with Crippen molar-refractivity contribution in [3.63, 3.8) is 0 Å². The molecule has 90 valence electrons. The largest absolute Gasteiger partial charge is 0.396 e. The molecule has 0 bridgehead atoms. The fourth-order valence-corrected chi connectivity index (χ4v) is 2.23. The number of nitrogens with one attached hydrogen (secondary N) is 1. The Labute approximate surface area is 92.9 Å². The van der Waals surface area contributed by atoms with Gasteiger partial charge in [-0.05, 0) is 32.2 Å². The molecule has 0 aliphatic heterocycles. The lowest BCUT2D eigenvalue weighted by Gasteiger charge is -2.28. The Balaban J connectivity index is 1.94. The van der Waals surface area contributed by atoms with Crippen LogP contribution in [0.25, 0.3) is 0 Å². The first kappa shape index (κ1) is 12.9. The van der Waals surface area contributed by atoms with Crippen LogP contribution < -0.4 is 5.32 Å². The second-order valence-electron chi connectivity index (χ2n) is 4.55. The Kier molecular flexibility index (Phi) is 6.98. The zero-order valence-corrected chi connectivity index (χ0v) is 9.62. The number of rotatable bonds is 7. The smallest absolute Gasteiger partial charge is 0.0693 e. The van der Waals surface area contributed by atoms with Crippen LogP contribution in [0.3, 0.4) is 0 Å². The third-order valence-electron chi connectivity index (χ3n) is 3.22. The average molecular weight is 215 g/mol. The summed E-state index contributed by atoms with van der Waals surface area (Å²) in [5, 5.41) is 21.8. The molecule has 0 heterocycles. The first-order valence-corrected chi connectivity index (χ1v) is 6.37. The number of aliphatic hydroxyl groups is 2. The third-order valence-corrected chi connectivity index (χ3v) is 3.22. The standard InChI is InChI=1S/C12H25NO2/c14-10-6-2-1-5-9-13-11-7-3-4-8-12(11)15/h11-15H,1-10H2. The van der Waals surface area contributed by atoms with E-state index in [1.165, 1.54) is 19.3 Å². The SMILES string of the molecule is OCCCCCCNC1CCCCC1O. The van der Waals surface area contributed by atoms with Gasteiger partial charge in [-0.25, -0.2) is 0 Å². The fourth-order valence-electron chi connectivity index (χ4n) is 2.23. The van der Waals surface area contributed by atoms with E-state index in [-0.39, 0.29) is 6.10 Å². The minimum Gasteiger partial charge on any atom is -0.396 e. The first-order chi connectivity index (χ1) is 7.34. The minimum absolute atomic E-state index is 0.129. The summed E-state index contributed by atoms with van der Waals surface area (Å²) in [6.45, 7) is 1.32. The Morgan fingerprint density at radius 2 is 1.73 bits per heavy atom. The van der Waals surface area contributed by atoms with E-state index in [2.05, 4.69) is 5.32 Å². The maximum Gasteiger partial charge on any atom is 0.0693 e. The second kappa shape index (κ2) is 8.08. The Hall–Kier alpha value is -0.120. The molecule has 2 atom stereocenters. The van der Waals surface area contributed by atoms with Gasteiger partial charge in [0.2, 0.25) is 0 Å². The van der Waals surface area contributed by atoms with Crippen molar-refractivity contribution < 1.29 is 10.2 Å². The van der Waals surface area contributed by atoms with Crippen LogP contribution in [-0.4, -0.2) is 35.5 Å². The highest BCUT2D eigenvalue weighted by Crippen LogP contribution is 2.18. The van der Waals surface area contributed by atoms with Gasteiger partial charge in [0.1, 0.15) is 0 Å². The van der Waals surface area contributed by atoms with E-state index < -0.39 is 0 Å². The number of hydrogen-bond donors (Lipinski definition) is 3. The average Bonchev–Trinajstić information content (AvgIpc) is 2.25. The van der Waals surface area contributed by atoms with Gasteiger partial charge in [0.25, 0.3) is 0 Å². The van der Waals surface area contributed by atoms with Gasteiger partial charge in [0, 0.05) is 12.6 Å². The van der Waals surface area contributed by atoms with Gasteiger partial charge in [0.05, 0.1) is 6.10 Å². The van der Waals surface area contributed by atoms with E-state index >= 15 is 0 Å². The van der Waals surface area contributed by atoms with Gasteiger partial charge in [-0.15, -0.1) is 0 Å². The van der Waals surface area contributed by atoms with Crippen molar-refractivity contribution in [2.24, 2.45) is 0 Å². The summed E-state index contributed by atoms with van der Waals surface area (Å²) < 4.78 is 0. The highest BCUT2D eigenvalue weighted by molar-refractivity contribution is 4.79. The zero-order chi connectivity index (χ0) is 10.9. The molecule has 15 heavy (non-hydrogen) atoms. The van der Waals surface area contributed by atoms with Gasteiger partial charge in [-0.1, -0.05) is 25.7 Å². The van der Waals surface area contributed by atoms with E-state index in [4.69, 9.17) is 5.11 Å². The summed E-state index contributed by atoms with van der Waals surface area (Å²) in [4.78, 5) is 0. The number of hydrogen-bond acceptors (Lipinski definition) is 3. The molecule has 0 aromatic carbocycles. The minimum atomic E-state index is -0.129. The van der Waals surface area contributed by atoms with Crippen LogP contribution in [0, 0.1) is 0 Å². The summed E-state index contributed by atoms with van der Waals surface area (Å²) in [6.07, 6.45) is 8.75. The zero-order valence-electron chi connectivity index (χ0n) is 9.62. The summed E-state index contributed by atoms with van der Waals surface area (Å²) >= 11 is 0. The molecule has 0 spiro atoms. The highest BCUT2D eigenvalue weighted by atomic mass is 16.3. The Bertz CT molecular complexity index is 153. The molecule has 0 amide bonds. The van der Waals surface area contributed by atoms with Gasteiger partial charge in [-0.2, -0.15) is 0 Å². The van der Waals surface area contributed by atoms with Crippen LogP contribution >= 0.6 is 0 Å². The lowest BCUT2D eigenvalue weighted by molar-refractivity contribution is 0.0909. The summed E-state index contributed by atoms with van der Waals surface area (Å²) in [6, 6.07) is 0.330. The van der Waals surface area contributed by atoms with Gasteiger partial charge < -0.3 is 15.5 Å². The normalized spacial score (nSPS) is 26.8. The summed E-state index contributed by atoms with van der Waals surface area (Å²) in [5.41, 5.74) is 0. The molecule has 2 unspecified atom stereocenters. The van der Waals surface area contributed by atoms with E-state index in [0.717, 1.165) is 38.6 Å². The van der Waals surface area contributed by atoms with Crippen molar-refractivity contribution in [2.75, 3.05) is 13.2 Å². The van der Waals surface area contributed by atoms with Crippen LogP contribution in [0.2, 0.25) is 0 Å². The quantitative estimate of drug-likeness (QED) is 0.563. The predicted octanol–water partition coefficient (Wildman–Crippen LogP) is 1.43. The van der Waals surface area contributed by atoms with E-state index in [0.29, 0.717) is 12.6 Å². The molecule has 1 saturated carbocycles. The lowest BCUT2D eigenvalue weighted by Crippen LogP contribution is -2.42. The van der Waals surface area contributed by atoms with Gasteiger partial charge >= 0.3 is 0 Å². The van der Waals surface area contributed by atoms with Crippen molar-refractivity contribution in [1.29, 1.82) is 0 Å². The van der Waals surface area contributed by atoms with Crippen molar-refractivity contribution >= 4 is 0 Å². The number of unbranched alkanes of at least 4 members (excludes halogenated alkanes) is 3. The van der Waals surface area contributed by atoms with Gasteiger partial charge in [-0.3, -0.25) is 0 Å². The number of aliphatic hydroxyl groups excluding tert-OH is 2. The van der Waals surface area contributed by atoms with Gasteiger partial charge in [0.15, 0.2) is 0 Å². The second-order valence-corrected chi connectivity index (χ2v) is 4.55. The van der Waals surface area contributed by atoms with E-state index in [1.807, 2.05) is 0 Å². The molecule has 3 N–H and O–H groups in total. The molecule has 1 rings (SSSR count). The summed E-state index contributed by atoms with van der Waals surface area (Å²) in [5.74, 6) is 0. The summed E-state index contributed by atoms with van der Waals surface area (Å²) in [7, 11) is 0. The molecule has 1 aliphatic carbocycles. The molecular formula is C12H25NO2. The molecule has 3 heteroatoms. The molecule has 0 aromatic heterocycles. The van der Waals surface area contributed by atoms with Crippen LogP contribution in [0.5, 0.6) is 0 Å². The topological polar surface area (TPSA) is 52.5 Å². The van der Waals surface area contributed by atoms with E-state index in [1.54, 1.807) is 0 Å². The molecule has 0 aromatic rings. The van der Waals surface area contributed by atoms with E-state index in [9.17, 15) is 5.11 Å². The maximum atomic E-state index is 9.71. The maximum absolute atomic E-state index is 9.71. The highest BCUT2D eigenvalue weighted by Gasteiger charge is 2.21. The third kappa shape index (κ3) is 5.50. The fraction of sp³-hybridized carbons (Fsp3) is 1.00. The monoisotopic (exact) mass is 215 g/mol. The van der Waals surface area contributed by atoms with Crippen molar-refractivity contribution in [3.8, 4) is 0 Å². The molecular weight excluding hydrogens is 190 g/mol. The van der Waals surface area contributed by atoms with Crippen molar-refractivity contribution in [3.05, 3.63) is 0 Å². The van der Waals surface area contributed by atoms with Crippen LogP contribution in [0.4, 0.5) is 0 Å². The van der Waals surface area contributed by atoms with Crippen molar-refractivity contribution in [2.45, 2.75) is 63.5 Å². The molecule has 1 fully saturated rings. The lowest BCUT2D eigenvalue weighted by atomic mass is 9.92. The van der Waals surface area contributed by atoms with Crippen LogP contribution in [0.15, 0.2) is 0 Å². The molecule has 0 saturated heterocycles. The van der Waals surface area contributed by atoms with Crippen LogP contribution in [0.1, 0.15) is 51.4 Å². The Morgan fingerprint density at radius 3 is 2.47 bits per heavy atom.